The standard InChI is InChI=1S/C22H27N7O3/c1-15-13-16(2)29(26-15)21-8-7-20(24-25-21)27-9-11-28(12-10-27)22(30)23-18-14-17(31-3)5-6-19(18)32-4/h5-8,13-14H,9-12H2,1-4H3,(H,23,30). The molecule has 0 saturated carbocycles. The first-order valence-electron chi connectivity index (χ1n) is 10.4. The van der Waals surface area contributed by atoms with Gasteiger partial charge in [-0.05, 0) is 44.2 Å². The molecule has 10 heteroatoms. The smallest absolute Gasteiger partial charge is 0.322 e. The van der Waals surface area contributed by atoms with Crippen molar-refractivity contribution < 1.29 is 14.3 Å². The van der Waals surface area contributed by atoms with Gasteiger partial charge in [0, 0.05) is 37.9 Å². The quantitative estimate of drug-likeness (QED) is 0.655. The van der Waals surface area contributed by atoms with Crippen molar-refractivity contribution in [3.8, 4) is 17.3 Å². The topological polar surface area (TPSA) is 97.6 Å². The number of ether oxygens (including phenoxy) is 2. The molecule has 10 nitrogen and oxygen atoms in total. The summed E-state index contributed by atoms with van der Waals surface area (Å²) in [5.74, 6) is 2.69. The third kappa shape index (κ3) is 4.43. The average Bonchev–Trinajstić information content (AvgIpc) is 3.17. The number of nitrogens with one attached hydrogen (secondary N) is 1. The Morgan fingerprint density at radius 1 is 0.938 bits per heavy atom. The van der Waals surface area contributed by atoms with Crippen LogP contribution >= 0.6 is 0 Å². The Labute approximate surface area is 186 Å². The first-order chi connectivity index (χ1) is 15.5. The van der Waals surface area contributed by atoms with Crippen LogP contribution in [-0.4, -0.2) is 71.3 Å². The fourth-order valence-corrected chi connectivity index (χ4v) is 3.71. The molecule has 0 radical (unpaired) electrons. The molecule has 0 unspecified atom stereocenters. The number of aryl methyl sites for hydroxylation is 2. The van der Waals surface area contributed by atoms with E-state index >= 15 is 0 Å². The largest absolute Gasteiger partial charge is 0.497 e. The molecule has 0 bridgehead atoms. The molecule has 3 heterocycles. The van der Waals surface area contributed by atoms with Gasteiger partial charge in [-0.25, -0.2) is 9.48 Å². The highest BCUT2D eigenvalue weighted by Gasteiger charge is 2.23. The molecule has 0 atom stereocenters. The molecule has 1 aromatic carbocycles. The number of piperazine rings is 1. The van der Waals surface area contributed by atoms with Gasteiger partial charge in [0.05, 0.1) is 25.6 Å². The van der Waals surface area contributed by atoms with Crippen LogP contribution in [0.5, 0.6) is 11.5 Å². The number of amides is 2. The van der Waals surface area contributed by atoms with Gasteiger partial charge in [0.15, 0.2) is 11.6 Å². The zero-order valence-corrected chi connectivity index (χ0v) is 18.7. The maximum atomic E-state index is 12.8. The zero-order valence-electron chi connectivity index (χ0n) is 18.7. The summed E-state index contributed by atoms with van der Waals surface area (Å²) in [6.45, 7) is 6.40. The van der Waals surface area contributed by atoms with Crippen LogP contribution in [0.3, 0.4) is 0 Å². The summed E-state index contributed by atoms with van der Waals surface area (Å²) in [6.07, 6.45) is 0. The van der Waals surface area contributed by atoms with E-state index < -0.39 is 0 Å². The first-order valence-corrected chi connectivity index (χ1v) is 10.4. The van der Waals surface area contributed by atoms with Gasteiger partial charge in [0.1, 0.15) is 11.5 Å². The second kappa shape index (κ2) is 9.13. The molecule has 1 aliphatic rings. The monoisotopic (exact) mass is 437 g/mol. The SMILES string of the molecule is COc1ccc(OC)c(NC(=O)N2CCN(c3ccc(-n4nc(C)cc4C)nn3)CC2)c1. The molecule has 4 rings (SSSR count). The molecule has 3 aromatic rings. The first kappa shape index (κ1) is 21.4. The van der Waals surface area contributed by atoms with Crippen molar-refractivity contribution >= 4 is 17.5 Å². The van der Waals surface area contributed by atoms with Gasteiger partial charge in [-0.15, -0.1) is 10.2 Å². The third-order valence-electron chi connectivity index (χ3n) is 5.40. The predicted molar refractivity (Wildman–Crippen MR) is 121 cm³/mol. The van der Waals surface area contributed by atoms with E-state index in [-0.39, 0.29) is 6.03 Å². The number of aromatic nitrogens is 4. The lowest BCUT2D eigenvalue weighted by atomic mass is 10.2. The average molecular weight is 438 g/mol. The summed E-state index contributed by atoms with van der Waals surface area (Å²) in [5.41, 5.74) is 2.52. The highest BCUT2D eigenvalue weighted by molar-refractivity contribution is 5.91. The van der Waals surface area contributed by atoms with Crippen LogP contribution in [0.4, 0.5) is 16.3 Å². The summed E-state index contributed by atoms with van der Waals surface area (Å²) in [5, 5.41) is 16.1. The van der Waals surface area contributed by atoms with E-state index in [0.717, 1.165) is 17.2 Å². The van der Waals surface area contributed by atoms with E-state index in [9.17, 15) is 4.79 Å². The second-order valence-electron chi connectivity index (χ2n) is 7.56. The van der Waals surface area contributed by atoms with Crippen LogP contribution in [0.25, 0.3) is 5.82 Å². The number of carbonyl (C=O) groups excluding carboxylic acids is 1. The van der Waals surface area contributed by atoms with E-state index in [2.05, 4.69) is 25.5 Å². The molecule has 1 aliphatic heterocycles. The van der Waals surface area contributed by atoms with Gasteiger partial charge in [-0.1, -0.05) is 0 Å². The molecule has 1 saturated heterocycles. The Morgan fingerprint density at radius 2 is 1.66 bits per heavy atom. The minimum atomic E-state index is -0.179. The Morgan fingerprint density at radius 3 is 2.25 bits per heavy atom. The van der Waals surface area contributed by atoms with E-state index in [1.807, 2.05) is 32.0 Å². The van der Waals surface area contributed by atoms with Crippen LogP contribution < -0.4 is 19.7 Å². The van der Waals surface area contributed by atoms with Gasteiger partial charge < -0.3 is 24.6 Å². The Hall–Kier alpha value is -3.82. The molecule has 0 aliphatic carbocycles. The predicted octanol–water partition coefficient (Wildman–Crippen LogP) is 2.65. The van der Waals surface area contributed by atoms with Crippen LogP contribution in [0.15, 0.2) is 36.4 Å². The van der Waals surface area contributed by atoms with E-state index in [1.165, 1.54) is 0 Å². The molecular weight excluding hydrogens is 410 g/mol. The molecule has 32 heavy (non-hydrogen) atoms. The third-order valence-corrected chi connectivity index (χ3v) is 5.40. The second-order valence-corrected chi connectivity index (χ2v) is 7.56. The lowest BCUT2D eigenvalue weighted by Crippen LogP contribution is -2.50. The number of hydrogen-bond donors (Lipinski definition) is 1. The van der Waals surface area contributed by atoms with Crippen LogP contribution in [0.1, 0.15) is 11.4 Å². The van der Waals surface area contributed by atoms with Crippen LogP contribution in [-0.2, 0) is 0 Å². The summed E-state index contributed by atoms with van der Waals surface area (Å²) < 4.78 is 12.4. The number of carbonyl (C=O) groups is 1. The Balaban J connectivity index is 1.37. The van der Waals surface area contributed by atoms with Crippen molar-refractivity contribution in [1.29, 1.82) is 0 Å². The number of hydrogen-bond acceptors (Lipinski definition) is 7. The fraction of sp³-hybridized carbons (Fsp3) is 0.364. The van der Waals surface area contributed by atoms with Crippen molar-refractivity contribution in [2.45, 2.75) is 13.8 Å². The molecule has 168 valence electrons. The van der Waals surface area contributed by atoms with Crippen molar-refractivity contribution in [1.82, 2.24) is 24.9 Å². The maximum absolute atomic E-state index is 12.8. The number of benzene rings is 1. The number of nitrogens with zero attached hydrogens (tertiary/aromatic N) is 6. The highest BCUT2D eigenvalue weighted by Crippen LogP contribution is 2.29. The van der Waals surface area contributed by atoms with E-state index in [0.29, 0.717) is 49.2 Å². The van der Waals surface area contributed by atoms with Crippen molar-refractivity contribution in [2.75, 3.05) is 50.6 Å². The number of anilines is 2. The summed E-state index contributed by atoms with van der Waals surface area (Å²) in [4.78, 5) is 16.7. The summed E-state index contributed by atoms with van der Waals surface area (Å²) in [6, 6.07) is 11.0. The van der Waals surface area contributed by atoms with Crippen LogP contribution in [0.2, 0.25) is 0 Å². The summed E-state index contributed by atoms with van der Waals surface area (Å²) in [7, 11) is 3.15. The van der Waals surface area contributed by atoms with Crippen molar-refractivity contribution in [2.24, 2.45) is 0 Å². The van der Waals surface area contributed by atoms with Gasteiger partial charge in [-0.3, -0.25) is 0 Å². The number of urea groups is 1. The van der Waals surface area contributed by atoms with Gasteiger partial charge in [0.2, 0.25) is 0 Å². The minimum absolute atomic E-state index is 0.179. The lowest BCUT2D eigenvalue weighted by Gasteiger charge is -2.35. The minimum Gasteiger partial charge on any atom is -0.497 e. The fourth-order valence-electron chi connectivity index (χ4n) is 3.71. The number of rotatable bonds is 5. The summed E-state index contributed by atoms with van der Waals surface area (Å²) >= 11 is 0. The molecule has 1 fully saturated rings. The molecule has 0 spiro atoms. The van der Waals surface area contributed by atoms with Crippen molar-refractivity contribution in [3.05, 3.63) is 47.8 Å². The normalized spacial score (nSPS) is 13.8. The van der Waals surface area contributed by atoms with E-state index in [1.54, 1.807) is 42.0 Å². The van der Waals surface area contributed by atoms with E-state index in [4.69, 9.17) is 9.47 Å². The van der Waals surface area contributed by atoms with Crippen molar-refractivity contribution in [3.63, 3.8) is 0 Å². The Kier molecular flexibility index (Phi) is 6.11. The molecule has 2 amide bonds. The lowest BCUT2D eigenvalue weighted by molar-refractivity contribution is 0.208. The van der Waals surface area contributed by atoms with Gasteiger partial charge in [-0.2, -0.15) is 5.10 Å². The van der Waals surface area contributed by atoms with Gasteiger partial charge in [0.25, 0.3) is 0 Å². The maximum Gasteiger partial charge on any atom is 0.322 e. The molecule has 1 N–H and O–H groups in total. The highest BCUT2D eigenvalue weighted by atomic mass is 16.5. The molecule has 2 aromatic heterocycles. The van der Waals surface area contributed by atoms with Gasteiger partial charge >= 0.3 is 6.03 Å². The van der Waals surface area contributed by atoms with Crippen LogP contribution in [0, 0.1) is 13.8 Å². The number of methoxy groups -OCH3 is 2. The molecular formula is C22H27N7O3. The Bertz CT molecular complexity index is 1090. The zero-order chi connectivity index (χ0) is 22.7.